The Bertz CT molecular complexity index is 1130. The van der Waals surface area contributed by atoms with Crippen LogP contribution in [0.25, 0.3) is 0 Å². The van der Waals surface area contributed by atoms with E-state index in [1.807, 2.05) is 19.4 Å². The van der Waals surface area contributed by atoms with E-state index >= 15 is 0 Å². The van der Waals surface area contributed by atoms with Crippen LogP contribution in [0.3, 0.4) is 0 Å². The number of urea groups is 1. The molecule has 11 heteroatoms. The number of nitrogens with zero attached hydrogens (tertiary/aromatic N) is 4. The van der Waals surface area contributed by atoms with Crippen LogP contribution < -0.4 is 10.6 Å². The van der Waals surface area contributed by atoms with Crippen LogP contribution in [0.15, 0.2) is 36.7 Å². The zero-order chi connectivity index (χ0) is 25.3. The van der Waals surface area contributed by atoms with E-state index in [1.54, 1.807) is 9.58 Å². The second-order valence-electron chi connectivity index (χ2n) is 10.0. The predicted molar refractivity (Wildman–Crippen MR) is 129 cm³/mol. The summed E-state index contributed by atoms with van der Waals surface area (Å²) in [6, 6.07) is 4.76. The van der Waals surface area contributed by atoms with Crippen LogP contribution in [0, 0.1) is 11.2 Å². The number of carbonyl (C=O) groups is 3. The van der Waals surface area contributed by atoms with E-state index in [0.29, 0.717) is 45.0 Å². The van der Waals surface area contributed by atoms with Crippen molar-refractivity contribution in [3.63, 3.8) is 0 Å². The van der Waals surface area contributed by atoms with E-state index in [1.165, 1.54) is 29.2 Å². The molecule has 3 fully saturated rings. The fourth-order valence-electron chi connectivity index (χ4n) is 5.71. The molecule has 3 aliphatic heterocycles. The topological polar surface area (TPSA) is 109 Å². The van der Waals surface area contributed by atoms with Crippen LogP contribution >= 0.6 is 0 Å². The lowest BCUT2D eigenvalue weighted by Crippen LogP contribution is -2.46. The zero-order valence-electron chi connectivity index (χ0n) is 20.3. The first-order valence-corrected chi connectivity index (χ1v) is 12.3. The molecule has 4 heterocycles. The summed E-state index contributed by atoms with van der Waals surface area (Å²) in [5.74, 6) is -1.31. The fraction of sp³-hybridized carbons (Fsp3) is 0.520. The molecule has 1 aromatic heterocycles. The Kier molecular flexibility index (Phi) is 6.65. The molecule has 2 N–H and O–H groups in total. The third kappa shape index (κ3) is 4.92. The maximum atomic E-state index is 13.3. The number of amides is 4. The maximum absolute atomic E-state index is 13.3. The van der Waals surface area contributed by atoms with Crippen molar-refractivity contribution in [3.8, 4) is 0 Å². The third-order valence-electron chi connectivity index (χ3n) is 7.65. The van der Waals surface area contributed by atoms with Crippen LogP contribution in [0.5, 0.6) is 0 Å². The summed E-state index contributed by atoms with van der Waals surface area (Å²) in [7, 11) is 1.87. The average Bonchev–Trinajstić information content (AvgIpc) is 3.59. The monoisotopic (exact) mass is 498 g/mol. The molecule has 1 aromatic carbocycles. The first-order valence-electron chi connectivity index (χ1n) is 12.3. The van der Waals surface area contributed by atoms with Gasteiger partial charge in [0.1, 0.15) is 5.82 Å². The van der Waals surface area contributed by atoms with Crippen LogP contribution in [0.4, 0.5) is 14.9 Å². The SMILES string of the molecule is Cn1cc(C2CN(C(=O)C(=O)N3CCC(NC(=O)Nc4ccc(F)cc4)C3)CC23CCOCC3)cn1. The number of halogens is 1. The fourth-order valence-corrected chi connectivity index (χ4v) is 5.71. The summed E-state index contributed by atoms with van der Waals surface area (Å²) >= 11 is 0. The van der Waals surface area contributed by atoms with Gasteiger partial charge >= 0.3 is 17.8 Å². The van der Waals surface area contributed by atoms with Gasteiger partial charge in [0.15, 0.2) is 0 Å². The molecule has 10 nitrogen and oxygen atoms in total. The molecule has 0 radical (unpaired) electrons. The van der Waals surface area contributed by atoms with Crippen molar-refractivity contribution in [2.75, 3.05) is 44.7 Å². The molecule has 192 valence electrons. The first-order chi connectivity index (χ1) is 17.3. The van der Waals surface area contributed by atoms with E-state index in [0.717, 1.165) is 18.4 Å². The number of anilines is 1. The minimum atomic E-state index is -0.535. The van der Waals surface area contributed by atoms with Gasteiger partial charge in [-0.05, 0) is 49.1 Å². The minimum Gasteiger partial charge on any atom is -0.381 e. The molecule has 3 aliphatic rings. The molecular formula is C25H31FN6O4. The maximum Gasteiger partial charge on any atom is 0.319 e. The first kappa shape index (κ1) is 24.2. The molecule has 4 amide bonds. The molecular weight excluding hydrogens is 467 g/mol. The standard InChI is InChI=1S/C25H31FN6O4/c1-30-13-17(12-27-30)21-15-32(16-25(21)7-10-36-11-8-25)23(34)22(33)31-9-6-20(14-31)29-24(35)28-19-4-2-18(26)3-5-19/h2-5,12-13,20-21H,6-11,14-16H2,1H3,(H2,28,29,35). The molecule has 2 unspecified atom stereocenters. The Hall–Kier alpha value is -3.47. The molecule has 0 aliphatic carbocycles. The van der Waals surface area contributed by atoms with Crippen LogP contribution in [-0.4, -0.2) is 82.9 Å². The summed E-state index contributed by atoms with van der Waals surface area (Å²) in [5.41, 5.74) is 1.43. The number of benzene rings is 1. The van der Waals surface area contributed by atoms with Crippen LogP contribution in [0.2, 0.25) is 0 Å². The molecule has 2 aromatic rings. The molecule has 36 heavy (non-hydrogen) atoms. The second-order valence-corrected chi connectivity index (χ2v) is 10.0. The summed E-state index contributed by atoms with van der Waals surface area (Å²) in [6.07, 6.45) is 6.07. The van der Waals surface area contributed by atoms with E-state index in [2.05, 4.69) is 15.7 Å². The molecule has 1 spiro atoms. The van der Waals surface area contributed by atoms with Gasteiger partial charge in [-0.15, -0.1) is 0 Å². The van der Waals surface area contributed by atoms with Gasteiger partial charge in [0, 0.05) is 75.7 Å². The van der Waals surface area contributed by atoms with Crippen molar-refractivity contribution in [2.24, 2.45) is 12.5 Å². The minimum absolute atomic E-state index is 0.106. The van der Waals surface area contributed by atoms with Crippen molar-refractivity contribution in [3.05, 3.63) is 48.0 Å². The van der Waals surface area contributed by atoms with Gasteiger partial charge in [-0.2, -0.15) is 5.10 Å². The van der Waals surface area contributed by atoms with E-state index in [4.69, 9.17) is 4.74 Å². The van der Waals surface area contributed by atoms with Gasteiger partial charge < -0.3 is 25.2 Å². The van der Waals surface area contributed by atoms with Crippen LogP contribution in [-0.2, 0) is 21.4 Å². The number of nitrogens with one attached hydrogen (secondary N) is 2. The number of ether oxygens (including phenoxy) is 1. The van der Waals surface area contributed by atoms with Gasteiger partial charge in [0.2, 0.25) is 0 Å². The van der Waals surface area contributed by atoms with Crippen LogP contribution in [0.1, 0.15) is 30.7 Å². The van der Waals surface area contributed by atoms with Gasteiger partial charge in [-0.3, -0.25) is 14.3 Å². The highest BCUT2D eigenvalue weighted by atomic mass is 19.1. The lowest BCUT2D eigenvalue weighted by molar-refractivity contribution is -0.151. The van der Waals surface area contributed by atoms with Crippen molar-refractivity contribution >= 4 is 23.5 Å². The highest BCUT2D eigenvalue weighted by molar-refractivity contribution is 6.35. The molecule has 2 atom stereocenters. The lowest BCUT2D eigenvalue weighted by Gasteiger charge is -2.37. The van der Waals surface area contributed by atoms with Gasteiger partial charge in [0.25, 0.3) is 0 Å². The van der Waals surface area contributed by atoms with E-state index in [9.17, 15) is 18.8 Å². The Morgan fingerprint density at radius 2 is 1.81 bits per heavy atom. The highest BCUT2D eigenvalue weighted by Crippen LogP contribution is 2.49. The summed E-state index contributed by atoms with van der Waals surface area (Å²) in [6.45, 7) is 2.95. The smallest absolute Gasteiger partial charge is 0.319 e. The normalized spacial score (nSPS) is 23.2. The largest absolute Gasteiger partial charge is 0.381 e. The molecule has 0 saturated carbocycles. The quantitative estimate of drug-likeness (QED) is 0.627. The number of aromatic nitrogens is 2. The van der Waals surface area contributed by atoms with Gasteiger partial charge in [-0.25, -0.2) is 9.18 Å². The Balaban J connectivity index is 1.19. The van der Waals surface area contributed by atoms with Gasteiger partial charge in [0.05, 0.1) is 6.20 Å². The third-order valence-corrected chi connectivity index (χ3v) is 7.65. The average molecular weight is 499 g/mol. The second kappa shape index (κ2) is 9.88. The number of hydrogen-bond acceptors (Lipinski definition) is 5. The summed E-state index contributed by atoms with van der Waals surface area (Å²) < 4.78 is 20.4. The van der Waals surface area contributed by atoms with E-state index < -0.39 is 17.8 Å². The molecule has 3 saturated heterocycles. The van der Waals surface area contributed by atoms with Crippen molar-refractivity contribution in [2.45, 2.75) is 31.2 Å². The number of aryl methyl sites for hydroxylation is 1. The number of carbonyl (C=O) groups excluding carboxylic acids is 3. The van der Waals surface area contributed by atoms with Crippen molar-refractivity contribution < 1.29 is 23.5 Å². The van der Waals surface area contributed by atoms with E-state index in [-0.39, 0.29) is 29.7 Å². The number of hydrogen-bond donors (Lipinski definition) is 2. The Morgan fingerprint density at radius 1 is 1.08 bits per heavy atom. The predicted octanol–water partition coefficient (Wildman–Crippen LogP) is 1.70. The Labute approximate surface area is 208 Å². The van der Waals surface area contributed by atoms with Gasteiger partial charge in [-0.1, -0.05) is 0 Å². The molecule has 5 rings (SSSR count). The summed E-state index contributed by atoms with van der Waals surface area (Å²) in [4.78, 5) is 41.9. The van der Waals surface area contributed by atoms with Crippen molar-refractivity contribution in [1.82, 2.24) is 24.9 Å². The zero-order valence-corrected chi connectivity index (χ0v) is 20.3. The number of rotatable bonds is 3. The molecule has 0 bridgehead atoms. The lowest BCUT2D eigenvalue weighted by atomic mass is 9.70. The van der Waals surface area contributed by atoms with Crippen molar-refractivity contribution in [1.29, 1.82) is 0 Å². The number of likely N-dealkylation sites (tertiary alicyclic amines) is 2. The highest BCUT2D eigenvalue weighted by Gasteiger charge is 2.51. The Morgan fingerprint density at radius 3 is 2.50 bits per heavy atom. The summed E-state index contributed by atoms with van der Waals surface area (Å²) in [5, 5.41) is 9.80.